The Hall–Kier alpha value is -2.62. The first-order valence-electron chi connectivity index (χ1n) is 9.03. The summed E-state index contributed by atoms with van der Waals surface area (Å²) in [5, 5.41) is 1.85. The molecule has 158 valence electrons. The topological polar surface area (TPSA) is 66.5 Å². The van der Waals surface area contributed by atoms with E-state index in [0.717, 1.165) is 17.0 Å². The van der Waals surface area contributed by atoms with E-state index in [2.05, 4.69) is 4.72 Å². The molecule has 2 aromatic carbocycles. The van der Waals surface area contributed by atoms with Gasteiger partial charge in [0.2, 0.25) is 10.0 Å². The van der Waals surface area contributed by atoms with E-state index in [0.29, 0.717) is 5.56 Å². The summed E-state index contributed by atoms with van der Waals surface area (Å²) >= 11 is 1.44. The average molecular weight is 451 g/mol. The number of amides is 1. The van der Waals surface area contributed by atoms with Crippen LogP contribution in [0.25, 0.3) is 0 Å². The Balaban J connectivity index is 1.78. The van der Waals surface area contributed by atoms with Gasteiger partial charge in [0.1, 0.15) is 0 Å². The summed E-state index contributed by atoms with van der Waals surface area (Å²) in [5.41, 5.74) is 0.595. The number of nitrogens with zero attached hydrogens (tertiary/aromatic N) is 1. The van der Waals surface area contributed by atoms with Crippen molar-refractivity contribution in [3.05, 3.63) is 87.6 Å². The lowest BCUT2D eigenvalue weighted by atomic mass is 10.1. The number of rotatable bonds is 7. The monoisotopic (exact) mass is 450 g/mol. The van der Waals surface area contributed by atoms with Gasteiger partial charge in [0.25, 0.3) is 5.91 Å². The van der Waals surface area contributed by atoms with Gasteiger partial charge in [-0.25, -0.2) is 21.9 Å². The van der Waals surface area contributed by atoms with Gasteiger partial charge in [-0.05, 0) is 54.3 Å². The molecule has 3 rings (SSSR count). The molecule has 0 radical (unpaired) electrons. The lowest BCUT2D eigenvalue weighted by Gasteiger charge is -2.25. The highest BCUT2D eigenvalue weighted by Crippen LogP contribution is 2.23. The molecule has 0 aliphatic rings. The number of sulfonamides is 1. The van der Waals surface area contributed by atoms with Gasteiger partial charge in [-0.15, -0.1) is 11.3 Å². The lowest BCUT2D eigenvalue weighted by molar-refractivity contribution is 0.0742. The van der Waals surface area contributed by atoms with Gasteiger partial charge < -0.3 is 4.90 Å². The maximum Gasteiger partial charge on any atom is 0.254 e. The Morgan fingerprint density at radius 1 is 1.10 bits per heavy atom. The summed E-state index contributed by atoms with van der Waals surface area (Å²) in [4.78, 5) is 15.1. The Kier molecular flexibility index (Phi) is 6.64. The maximum absolute atomic E-state index is 13.5. The predicted octanol–water partition coefficient (Wildman–Crippen LogP) is 4.34. The summed E-state index contributed by atoms with van der Waals surface area (Å²) in [7, 11) is -2.29. The summed E-state index contributed by atoms with van der Waals surface area (Å²) in [6, 6.07) is 12.3. The Labute approximate surface area is 178 Å². The lowest BCUT2D eigenvalue weighted by Crippen LogP contribution is -2.30. The minimum Gasteiger partial charge on any atom is -0.335 e. The number of halogens is 2. The fraction of sp³-hybridized carbons (Fsp3) is 0.190. The first kappa shape index (κ1) is 22.1. The van der Waals surface area contributed by atoms with E-state index in [-0.39, 0.29) is 17.0 Å². The summed E-state index contributed by atoms with van der Waals surface area (Å²) in [6.45, 7) is 1.83. The van der Waals surface area contributed by atoms with Crippen LogP contribution in [0.2, 0.25) is 0 Å². The van der Waals surface area contributed by atoms with Gasteiger partial charge in [0.05, 0.1) is 10.9 Å². The second-order valence-electron chi connectivity index (χ2n) is 6.70. The minimum absolute atomic E-state index is 0.0289. The molecule has 1 atom stereocenters. The van der Waals surface area contributed by atoms with E-state index in [9.17, 15) is 22.0 Å². The maximum atomic E-state index is 13.5. The van der Waals surface area contributed by atoms with Crippen molar-refractivity contribution in [3.63, 3.8) is 0 Å². The summed E-state index contributed by atoms with van der Waals surface area (Å²) in [5.74, 6) is -2.40. The van der Waals surface area contributed by atoms with E-state index in [1.165, 1.54) is 53.6 Å². The number of benzene rings is 2. The number of hydrogen-bond acceptors (Lipinski definition) is 4. The van der Waals surface area contributed by atoms with Gasteiger partial charge in [0, 0.05) is 24.0 Å². The molecule has 0 aliphatic heterocycles. The molecule has 0 saturated carbocycles. The van der Waals surface area contributed by atoms with Crippen LogP contribution in [-0.2, 0) is 16.6 Å². The number of carbonyl (C=O) groups is 1. The third-order valence-corrected chi connectivity index (χ3v) is 7.01. The molecule has 0 unspecified atom stereocenters. The Morgan fingerprint density at radius 2 is 1.87 bits per heavy atom. The van der Waals surface area contributed by atoms with Crippen molar-refractivity contribution >= 4 is 27.3 Å². The number of nitrogens with one attached hydrogen (secondary N) is 1. The number of thiophene rings is 1. The normalized spacial score (nSPS) is 12.5. The van der Waals surface area contributed by atoms with E-state index in [4.69, 9.17) is 0 Å². The molecule has 0 bridgehead atoms. The fourth-order valence-electron chi connectivity index (χ4n) is 2.83. The molecule has 0 fully saturated rings. The highest BCUT2D eigenvalue weighted by atomic mass is 32.2. The third kappa shape index (κ3) is 4.92. The van der Waals surface area contributed by atoms with Crippen LogP contribution in [0.3, 0.4) is 0 Å². The van der Waals surface area contributed by atoms with Crippen LogP contribution in [0, 0.1) is 11.6 Å². The van der Waals surface area contributed by atoms with Crippen molar-refractivity contribution in [1.29, 1.82) is 0 Å². The van der Waals surface area contributed by atoms with Crippen LogP contribution >= 0.6 is 11.3 Å². The molecular weight excluding hydrogens is 430 g/mol. The molecular formula is C21H20F2N2O3S2. The second-order valence-corrected chi connectivity index (χ2v) is 9.50. The Morgan fingerprint density at radius 3 is 2.53 bits per heavy atom. The molecule has 9 heteroatoms. The first-order valence-corrected chi connectivity index (χ1v) is 11.4. The molecule has 0 spiro atoms. The largest absolute Gasteiger partial charge is 0.335 e. The average Bonchev–Trinajstić information content (AvgIpc) is 3.26. The Bertz CT molecular complexity index is 1150. The van der Waals surface area contributed by atoms with E-state index < -0.39 is 33.6 Å². The standard InChI is InChI=1S/C21H20F2N2O3S2/c1-14(15-8-9-19(22)20(23)12-15)25(2)21(26)16-5-3-7-18(11-16)30(27,28)24-13-17-6-4-10-29-17/h3-12,14,24H,13H2,1-2H3/t14-/m1/s1. The van der Waals surface area contributed by atoms with Gasteiger partial charge >= 0.3 is 0 Å². The fourth-order valence-corrected chi connectivity index (χ4v) is 4.62. The van der Waals surface area contributed by atoms with Crippen molar-refractivity contribution in [1.82, 2.24) is 9.62 Å². The SMILES string of the molecule is C[C@H](c1ccc(F)c(F)c1)N(C)C(=O)c1cccc(S(=O)(=O)NCc2cccs2)c1. The molecule has 1 aromatic heterocycles. The molecule has 1 amide bonds. The molecule has 3 aromatic rings. The van der Waals surface area contributed by atoms with Crippen molar-refractivity contribution in [2.24, 2.45) is 0 Å². The van der Waals surface area contributed by atoms with Gasteiger partial charge in [-0.3, -0.25) is 4.79 Å². The van der Waals surface area contributed by atoms with E-state index in [1.54, 1.807) is 6.92 Å². The van der Waals surface area contributed by atoms with Crippen LogP contribution in [0.15, 0.2) is 64.9 Å². The summed E-state index contributed by atoms with van der Waals surface area (Å²) in [6.07, 6.45) is 0. The van der Waals surface area contributed by atoms with Crippen molar-refractivity contribution in [3.8, 4) is 0 Å². The molecule has 0 saturated heterocycles. The van der Waals surface area contributed by atoms with Crippen LogP contribution in [0.5, 0.6) is 0 Å². The van der Waals surface area contributed by atoms with Crippen LogP contribution in [0.4, 0.5) is 8.78 Å². The zero-order valence-electron chi connectivity index (χ0n) is 16.3. The molecule has 5 nitrogen and oxygen atoms in total. The van der Waals surface area contributed by atoms with Crippen LogP contribution < -0.4 is 4.72 Å². The number of carbonyl (C=O) groups excluding carboxylic acids is 1. The van der Waals surface area contributed by atoms with Gasteiger partial charge in [0.15, 0.2) is 11.6 Å². The first-order chi connectivity index (χ1) is 14.2. The van der Waals surface area contributed by atoms with Crippen LogP contribution in [0.1, 0.15) is 33.8 Å². The second kappa shape index (κ2) is 9.03. The van der Waals surface area contributed by atoms with Gasteiger partial charge in [-0.2, -0.15) is 0 Å². The highest BCUT2D eigenvalue weighted by Gasteiger charge is 2.22. The van der Waals surface area contributed by atoms with E-state index >= 15 is 0 Å². The quantitative estimate of drug-likeness (QED) is 0.582. The summed E-state index contributed by atoms with van der Waals surface area (Å²) < 4.78 is 54.4. The zero-order chi connectivity index (χ0) is 21.9. The predicted molar refractivity (Wildman–Crippen MR) is 112 cm³/mol. The minimum atomic E-state index is -3.81. The zero-order valence-corrected chi connectivity index (χ0v) is 17.9. The van der Waals surface area contributed by atoms with Crippen molar-refractivity contribution in [2.75, 3.05) is 7.05 Å². The van der Waals surface area contributed by atoms with Crippen LogP contribution in [-0.4, -0.2) is 26.3 Å². The number of hydrogen-bond donors (Lipinski definition) is 1. The van der Waals surface area contributed by atoms with E-state index in [1.807, 2.05) is 17.5 Å². The third-order valence-electron chi connectivity index (χ3n) is 4.74. The van der Waals surface area contributed by atoms with Crippen molar-refractivity contribution in [2.45, 2.75) is 24.4 Å². The molecule has 1 heterocycles. The molecule has 30 heavy (non-hydrogen) atoms. The smallest absolute Gasteiger partial charge is 0.254 e. The van der Waals surface area contributed by atoms with Crippen molar-refractivity contribution < 1.29 is 22.0 Å². The molecule has 1 N–H and O–H groups in total. The highest BCUT2D eigenvalue weighted by molar-refractivity contribution is 7.89. The van der Waals surface area contributed by atoms with Gasteiger partial charge in [-0.1, -0.05) is 18.2 Å². The molecule has 0 aliphatic carbocycles.